The van der Waals surface area contributed by atoms with E-state index in [0.717, 1.165) is 128 Å². The molecular weight excluding hydrogens is 877 g/mol. The SMILES string of the molecule is CC/C=C\C/C=C\C/C=C\C/C=C\C/C=C\C/C=C\CCCCCCCCCCCCCCCCC(=O)OCC(COC(=O)CCCCCCCCC)OC(=O)CCCCCCC/C=C\C/C=C\CCC. The maximum Gasteiger partial charge on any atom is 0.306 e. The van der Waals surface area contributed by atoms with Crippen molar-refractivity contribution in [3.63, 3.8) is 0 Å². The van der Waals surface area contributed by atoms with Crippen molar-refractivity contribution in [2.45, 2.75) is 284 Å². The standard InChI is InChI=1S/C65H110O6/c1-4-7-10-13-16-18-20-22-23-24-25-26-27-28-29-30-31-32-33-34-35-36-37-38-39-40-41-43-44-46-49-52-55-58-64(67)70-61-62(60-69-63(66)57-54-51-48-15-12-9-6-3)71-65(68)59-56-53-50-47-45-42-21-19-17-14-11-8-5-2/h7,10-11,14,16,18-19,21-23,25-26,28-29,31-32,62H,4-6,8-9,12-13,15,17,20,24,27,30,33-61H2,1-3H3/b10-7-,14-11-,18-16-,21-19-,23-22-,26-25-,29-28-,32-31-. The molecule has 406 valence electrons. The Bertz CT molecular complexity index is 1410. The fourth-order valence-electron chi connectivity index (χ4n) is 8.13. The lowest BCUT2D eigenvalue weighted by molar-refractivity contribution is -0.167. The van der Waals surface area contributed by atoms with Gasteiger partial charge in [-0.25, -0.2) is 0 Å². The maximum absolute atomic E-state index is 12.8. The van der Waals surface area contributed by atoms with E-state index in [1.807, 2.05) is 0 Å². The summed E-state index contributed by atoms with van der Waals surface area (Å²) in [4.78, 5) is 37.9. The van der Waals surface area contributed by atoms with Crippen molar-refractivity contribution in [3.8, 4) is 0 Å². The van der Waals surface area contributed by atoms with E-state index in [0.29, 0.717) is 19.3 Å². The quantitative estimate of drug-likeness (QED) is 0.0261. The van der Waals surface area contributed by atoms with Crippen molar-refractivity contribution in [1.82, 2.24) is 0 Å². The summed E-state index contributed by atoms with van der Waals surface area (Å²) < 4.78 is 16.8. The zero-order valence-corrected chi connectivity index (χ0v) is 46.5. The van der Waals surface area contributed by atoms with Crippen LogP contribution in [0.4, 0.5) is 0 Å². The number of rotatable bonds is 53. The maximum atomic E-state index is 12.8. The first-order valence-corrected chi connectivity index (χ1v) is 29.7. The molecule has 0 amide bonds. The Kier molecular flexibility index (Phi) is 55.9. The molecule has 0 aromatic rings. The van der Waals surface area contributed by atoms with Crippen LogP contribution in [0.25, 0.3) is 0 Å². The molecule has 1 unspecified atom stereocenters. The van der Waals surface area contributed by atoms with Crippen LogP contribution in [0.5, 0.6) is 0 Å². The molecule has 0 saturated heterocycles. The summed E-state index contributed by atoms with van der Waals surface area (Å²) in [6, 6.07) is 0. The summed E-state index contributed by atoms with van der Waals surface area (Å²) in [5.41, 5.74) is 0. The van der Waals surface area contributed by atoms with E-state index in [1.165, 1.54) is 109 Å². The van der Waals surface area contributed by atoms with Crippen LogP contribution >= 0.6 is 0 Å². The second kappa shape index (κ2) is 58.9. The normalized spacial score (nSPS) is 12.8. The van der Waals surface area contributed by atoms with Crippen LogP contribution < -0.4 is 0 Å². The van der Waals surface area contributed by atoms with E-state index in [1.54, 1.807) is 0 Å². The van der Waals surface area contributed by atoms with Crippen LogP contribution in [0.2, 0.25) is 0 Å². The van der Waals surface area contributed by atoms with Crippen molar-refractivity contribution in [3.05, 3.63) is 97.2 Å². The number of unbranched alkanes of at least 4 members (excludes halogenated alkanes) is 26. The van der Waals surface area contributed by atoms with Gasteiger partial charge in [0, 0.05) is 19.3 Å². The highest BCUT2D eigenvalue weighted by Gasteiger charge is 2.19. The third kappa shape index (κ3) is 57.1. The van der Waals surface area contributed by atoms with E-state index < -0.39 is 6.10 Å². The van der Waals surface area contributed by atoms with E-state index in [4.69, 9.17) is 14.2 Å². The molecule has 6 heteroatoms. The lowest BCUT2D eigenvalue weighted by Gasteiger charge is -2.18. The highest BCUT2D eigenvalue weighted by Crippen LogP contribution is 2.16. The van der Waals surface area contributed by atoms with Gasteiger partial charge in [0.05, 0.1) is 0 Å². The molecule has 6 nitrogen and oxygen atoms in total. The molecule has 0 spiro atoms. The Morgan fingerprint density at radius 2 is 0.577 bits per heavy atom. The Balaban J connectivity index is 4.03. The molecule has 0 radical (unpaired) electrons. The van der Waals surface area contributed by atoms with Gasteiger partial charge in [-0.05, 0) is 96.3 Å². The van der Waals surface area contributed by atoms with Gasteiger partial charge in [-0.2, -0.15) is 0 Å². The number of carbonyl (C=O) groups excluding carboxylic acids is 3. The minimum atomic E-state index is -0.780. The van der Waals surface area contributed by atoms with Gasteiger partial charge < -0.3 is 14.2 Å². The first-order chi connectivity index (χ1) is 35.0. The molecular formula is C65H110O6. The van der Waals surface area contributed by atoms with Crippen molar-refractivity contribution >= 4 is 17.9 Å². The van der Waals surface area contributed by atoms with Crippen LogP contribution in [0.3, 0.4) is 0 Å². The number of esters is 3. The predicted octanol–water partition coefficient (Wildman–Crippen LogP) is 20.1. The summed E-state index contributed by atoms with van der Waals surface area (Å²) >= 11 is 0. The van der Waals surface area contributed by atoms with Gasteiger partial charge in [0.2, 0.25) is 0 Å². The molecule has 0 bridgehead atoms. The van der Waals surface area contributed by atoms with Gasteiger partial charge >= 0.3 is 17.9 Å². The van der Waals surface area contributed by atoms with Crippen molar-refractivity contribution in [2.24, 2.45) is 0 Å². The number of hydrogen-bond donors (Lipinski definition) is 0. The summed E-state index contributed by atoms with van der Waals surface area (Å²) in [6.07, 6.45) is 78.7. The Morgan fingerprint density at radius 3 is 0.915 bits per heavy atom. The minimum Gasteiger partial charge on any atom is -0.462 e. The summed E-state index contributed by atoms with van der Waals surface area (Å²) in [5.74, 6) is -0.899. The van der Waals surface area contributed by atoms with E-state index in [9.17, 15) is 14.4 Å². The van der Waals surface area contributed by atoms with Crippen molar-refractivity contribution < 1.29 is 28.6 Å². The van der Waals surface area contributed by atoms with Crippen LogP contribution in [-0.2, 0) is 28.6 Å². The Hall–Kier alpha value is -3.67. The van der Waals surface area contributed by atoms with Crippen LogP contribution in [0.1, 0.15) is 278 Å². The van der Waals surface area contributed by atoms with Crippen molar-refractivity contribution in [2.75, 3.05) is 13.2 Å². The number of ether oxygens (including phenoxy) is 3. The first kappa shape index (κ1) is 67.3. The van der Waals surface area contributed by atoms with Gasteiger partial charge in [-0.1, -0.05) is 259 Å². The molecule has 0 saturated carbocycles. The molecule has 71 heavy (non-hydrogen) atoms. The average molecular weight is 988 g/mol. The fraction of sp³-hybridized carbons (Fsp3) is 0.708. The Labute approximate surface area is 438 Å². The second-order valence-electron chi connectivity index (χ2n) is 19.5. The molecule has 0 aromatic carbocycles. The predicted molar refractivity (Wildman–Crippen MR) is 307 cm³/mol. The van der Waals surface area contributed by atoms with Crippen LogP contribution in [0, 0.1) is 0 Å². The summed E-state index contributed by atoms with van der Waals surface area (Å²) in [5, 5.41) is 0. The van der Waals surface area contributed by atoms with Gasteiger partial charge in [0.25, 0.3) is 0 Å². The zero-order chi connectivity index (χ0) is 51.4. The average Bonchev–Trinajstić information content (AvgIpc) is 3.37. The van der Waals surface area contributed by atoms with Gasteiger partial charge in [-0.15, -0.1) is 0 Å². The summed E-state index contributed by atoms with van der Waals surface area (Å²) in [7, 11) is 0. The second-order valence-corrected chi connectivity index (χ2v) is 19.5. The van der Waals surface area contributed by atoms with Gasteiger partial charge in [0.1, 0.15) is 13.2 Å². The molecule has 0 N–H and O–H groups in total. The van der Waals surface area contributed by atoms with E-state index in [-0.39, 0.29) is 31.1 Å². The molecule has 0 rings (SSSR count). The molecule has 0 aliphatic carbocycles. The van der Waals surface area contributed by atoms with Crippen LogP contribution in [0.15, 0.2) is 97.2 Å². The number of allylic oxidation sites excluding steroid dienone is 16. The minimum absolute atomic E-state index is 0.0808. The number of hydrogen-bond acceptors (Lipinski definition) is 6. The molecule has 0 aromatic heterocycles. The molecule has 0 heterocycles. The van der Waals surface area contributed by atoms with Crippen LogP contribution in [-0.4, -0.2) is 37.2 Å². The van der Waals surface area contributed by atoms with Crippen molar-refractivity contribution in [1.29, 1.82) is 0 Å². The number of carbonyl (C=O) groups is 3. The lowest BCUT2D eigenvalue weighted by Crippen LogP contribution is -2.30. The van der Waals surface area contributed by atoms with E-state index in [2.05, 4.69) is 118 Å². The van der Waals surface area contributed by atoms with E-state index >= 15 is 0 Å². The fourth-order valence-corrected chi connectivity index (χ4v) is 8.13. The molecule has 0 aliphatic rings. The third-order valence-corrected chi connectivity index (χ3v) is 12.6. The first-order valence-electron chi connectivity index (χ1n) is 29.7. The molecule has 1 atom stereocenters. The largest absolute Gasteiger partial charge is 0.462 e. The molecule has 0 fully saturated rings. The highest BCUT2D eigenvalue weighted by atomic mass is 16.6. The monoisotopic (exact) mass is 987 g/mol. The topological polar surface area (TPSA) is 78.9 Å². The smallest absolute Gasteiger partial charge is 0.306 e. The highest BCUT2D eigenvalue weighted by molar-refractivity contribution is 5.71. The zero-order valence-electron chi connectivity index (χ0n) is 46.5. The van der Waals surface area contributed by atoms with Gasteiger partial charge in [-0.3, -0.25) is 14.4 Å². The van der Waals surface area contributed by atoms with Gasteiger partial charge in [0.15, 0.2) is 6.10 Å². The lowest BCUT2D eigenvalue weighted by atomic mass is 10.0. The Morgan fingerprint density at radius 1 is 0.296 bits per heavy atom. The summed E-state index contributed by atoms with van der Waals surface area (Å²) in [6.45, 7) is 6.41. The third-order valence-electron chi connectivity index (χ3n) is 12.6. The molecule has 0 aliphatic heterocycles.